The molecule has 1 N–H and O–H groups in total. The summed E-state index contributed by atoms with van der Waals surface area (Å²) in [6.07, 6.45) is 8.61. The van der Waals surface area contributed by atoms with Crippen molar-refractivity contribution in [2.24, 2.45) is 10.9 Å². The molecule has 0 spiro atoms. The first-order valence-corrected chi connectivity index (χ1v) is 8.86. The van der Waals surface area contributed by atoms with E-state index >= 15 is 0 Å². The van der Waals surface area contributed by atoms with Gasteiger partial charge in [-0.3, -0.25) is 9.59 Å². The average Bonchev–Trinajstić information content (AvgIpc) is 3.12. The van der Waals surface area contributed by atoms with Crippen LogP contribution in [-0.2, 0) is 4.79 Å². The fraction of sp³-hybridized carbons (Fsp3) is 0.286. The van der Waals surface area contributed by atoms with Crippen LogP contribution in [0, 0.1) is 5.92 Å². The third-order valence-corrected chi connectivity index (χ3v) is 5.11. The lowest BCUT2D eigenvalue weighted by atomic mass is 9.85. The highest BCUT2D eigenvalue weighted by molar-refractivity contribution is 6.14. The number of rotatable bonds is 2. The van der Waals surface area contributed by atoms with E-state index in [4.69, 9.17) is 0 Å². The molecule has 1 aliphatic heterocycles. The Labute approximate surface area is 152 Å². The molecule has 1 aromatic rings. The van der Waals surface area contributed by atoms with Crippen LogP contribution in [0.25, 0.3) is 0 Å². The lowest BCUT2D eigenvalue weighted by Crippen LogP contribution is -2.35. The molecular weight excluding hydrogens is 326 g/mol. The van der Waals surface area contributed by atoms with Crippen LogP contribution in [0.4, 0.5) is 5.69 Å². The van der Waals surface area contributed by atoms with E-state index in [1.165, 1.54) is 5.57 Å². The van der Waals surface area contributed by atoms with Crippen LogP contribution in [0.3, 0.4) is 0 Å². The molecule has 0 aromatic heterocycles. The number of nitrogens with zero attached hydrogens (tertiary/aromatic N) is 2. The Kier molecular flexibility index (Phi) is 4.07. The molecule has 1 atom stereocenters. The van der Waals surface area contributed by atoms with E-state index in [0.717, 1.165) is 36.2 Å². The number of allylic oxidation sites excluding steroid dienone is 3. The third-order valence-electron chi connectivity index (χ3n) is 5.11. The summed E-state index contributed by atoms with van der Waals surface area (Å²) >= 11 is 0. The minimum absolute atomic E-state index is 0.000314. The summed E-state index contributed by atoms with van der Waals surface area (Å²) in [7, 11) is 3.86. The highest BCUT2D eigenvalue weighted by Crippen LogP contribution is 2.39. The second-order valence-electron chi connectivity index (χ2n) is 7.03. The maximum absolute atomic E-state index is 12.5. The molecule has 132 valence electrons. The maximum atomic E-state index is 12.5. The molecule has 0 bridgehead atoms. The minimum atomic E-state index is -0.286. The molecule has 1 aromatic carbocycles. The second kappa shape index (κ2) is 6.41. The number of hydrogen-bond acceptors (Lipinski definition) is 3. The van der Waals surface area contributed by atoms with Gasteiger partial charge in [-0.15, -0.1) is 0 Å². The molecule has 5 nitrogen and oxygen atoms in total. The number of carbonyl (C=O) groups excluding carboxylic acids is 2. The highest BCUT2D eigenvalue weighted by atomic mass is 16.2. The van der Waals surface area contributed by atoms with Crippen LogP contribution in [-0.4, -0.2) is 31.6 Å². The number of amides is 2. The van der Waals surface area contributed by atoms with Crippen LogP contribution in [0.1, 0.15) is 29.6 Å². The van der Waals surface area contributed by atoms with Gasteiger partial charge in [-0.2, -0.15) is 0 Å². The van der Waals surface area contributed by atoms with Gasteiger partial charge in [0.1, 0.15) is 0 Å². The van der Waals surface area contributed by atoms with E-state index in [1.54, 1.807) is 6.07 Å². The molecule has 26 heavy (non-hydrogen) atoms. The van der Waals surface area contributed by atoms with Gasteiger partial charge in [0.2, 0.25) is 0 Å². The van der Waals surface area contributed by atoms with Crippen molar-refractivity contribution >= 4 is 23.2 Å². The van der Waals surface area contributed by atoms with E-state index in [-0.39, 0.29) is 17.7 Å². The Bertz CT molecular complexity index is 919. The predicted octanol–water partition coefficient (Wildman–Crippen LogP) is 3.01. The van der Waals surface area contributed by atoms with E-state index in [1.807, 2.05) is 55.4 Å². The summed E-state index contributed by atoms with van der Waals surface area (Å²) in [5.74, 6) is -0.164. The molecule has 4 rings (SSSR count). The summed E-state index contributed by atoms with van der Waals surface area (Å²) < 4.78 is 0. The van der Waals surface area contributed by atoms with Crippen LogP contribution in [0.5, 0.6) is 0 Å². The molecule has 0 radical (unpaired) electrons. The summed E-state index contributed by atoms with van der Waals surface area (Å²) in [5, 5.41) is 2.97. The average molecular weight is 347 g/mol. The topological polar surface area (TPSA) is 61.8 Å². The van der Waals surface area contributed by atoms with Gasteiger partial charge in [-0.1, -0.05) is 12.1 Å². The minimum Gasteiger partial charge on any atom is -0.378 e. The maximum Gasteiger partial charge on any atom is 0.277 e. The van der Waals surface area contributed by atoms with Gasteiger partial charge in [0.25, 0.3) is 11.8 Å². The summed E-state index contributed by atoms with van der Waals surface area (Å²) in [5.41, 5.74) is 5.06. The van der Waals surface area contributed by atoms with Crippen molar-refractivity contribution in [1.29, 1.82) is 0 Å². The Hall–Kier alpha value is -2.95. The largest absolute Gasteiger partial charge is 0.378 e. The number of benzene rings is 1. The molecule has 2 aliphatic carbocycles. The van der Waals surface area contributed by atoms with Gasteiger partial charge in [0.05, 0.1) is 5.71 Å². The summed E-state index contributed by atoms with van der Waals surface area (Å²) in [6, 6.07) is 7.39. The number of fused-ring (bicyclic) bond motifs is 2. The number of nitrogens with one attached hydrogen (secondary N) is 1. The highest BCUT2D eigenvalue weighted by Gasteiger charge is 2.34. The zero-order valence-electron chi connectivity index (χ0n) is 15.0. The molecule has 0 saturated heterocycles. The number of hydrogen-bond donors (Lipinski definition) is 1. The van der Waals surface area contributed by atoms with Crippen molar-refractivity contribution in [3.8, 4) is 0 Å². The van der Waals surface area contributed by atoms with Gasteiger partial charge < -0.3 is 10.2 Å². The first-order valence-electron chi connectivity index (χ1n) is 8.86. The predicted molar refractivity (Wildman–Crippen MR) is 102 cm³/mol. The molecule has 1 unspecified atom stereocenters. The van der Waals surface area contributed by atoms with E-state index in [2.05, 4.69) is 10.3 Å². The lowest BCUT2D eigenvalue weighted by molar-refractivity contribution is -0.117. The molecule has 2 amide bonds. The van der Waals surface area contributed by atoms with Crippen molar-refractivity contribution in [3.63, 3.8) is 0 Å². The van der Waals surface area contributed by atoms with Gasteiger partial charge in [-0.05, 0) is 55.2 Å². The Morgan fingerprint density at radius 3 is 2.92 bits per heavy atom. The molecular formula is C21H21N3O2. The van der Waals surface area contributed by atoms with Gasteiger partial charge in [0, 0.05) is 42.5 Å². The van der Waals surface area contributed by atoms with Gasteiger partial charge >= 0.3 is 0 Å². The first kappa shape index (κ1) is 16.5. The second-order valence-corrected chi connectivity index (χ2v) is 7.03. The van der Waals surface area contributed by atoms with Crippen LogP contribution >= 0.6 is 0 Å². The Morgan fingerprint density at radius 2 is 2.12 bits per heavy atom. The van der Waals surface area contributed by atoms with E-state index in [9.17, 15) is 9.59 Å². The van der Waals surface area contributed by atoms with Crippen molar-refractivity contribution in [2.45, 2.75) is 19.3 Å². The zero-order valence-corrected chi connectivity index (χ0v) is 15.0. The quantitative estimate of drug-likeness (QED) is 0.894. The normalized spacial score (nSPS) is 22.7. The van der Waals surface area contributed by atoms with E-state index in [0.29, 0.717) is 11.3 Å². The standard InChI is InChI=1S/C21H21N3O2/c1-24(2)15-6-3-5-13(11-15)20(25)22-14-9-10-17-16-7-4-8-18(16)21(26)23-19(17)12-14/h3,5-6,9-12,17H,4,7-8H2,1-2H3,(H,23,26). The number of aliphatic imine (C=N–C) groups is 1. The van der Waals surface area contributed by atoms with Crippen LogP contribution in [0.2, 0.25) is 0 Å². The molecule has 5 heteroatoms. The van der Waals surface area contributed by atoms with E-state index < -0.39 is 0 Å². The first-order chi connectivity index (χ1) is 12.5. The SMILES string of the molecule is CN(C)c1cccc(C(=O)N=C2C=CC3C(=C2)NC(=O)C2=C3CCC2)c1. The van der Waals surface area contributed by atoms with Crippen molar-refractivity contribution < 1.29 is 9.59 Å². The monoisotopic (exact) mass is 347 g/mol. The summed E-state index contributed by atoms with van der Waals surface area (Å²) in [6.45, 7) is 0. The van der Waals surface area contributed by atoms with Crippen molar-refractivity contribution in [3.05, 3.63) is 64.9 Å². The van der Waals surface area contributed by atoms with Crippen LogP contribution in [0.15, 0.2) is 64.3 Å². The third kappa shape index (κ3) is 2.90. The van der Waals surface area contributed by atoms with Gasteiger partial charge in [-0.25, -0.2) is 4.99 Å². The summed E-state index contributed by atoms with van der Waals surface area (Å²) in [4.78, 5) is 30.9. The smallest absolute Gasteiger partial charge is 0.277 e. The van der Waals surface area contributed by atoms with Crippen LogP contribution < -0.4 is 10.2 Å². The number of anilines is 1. The lowest BCUT2D eigenvalue weighted by Gasteiger charge is -2.28. The Morgan fingerprint density at radius 1 is 1.27 bits per heavy atom. The van der Waals surface area contributed by atoms with Crippen molar-refractivity contribution in [2.75, 3.05) is 19.0 Å². The molecule has 0 fully saturated rings. The van der Waals surface area contributed by atoms with Gasteiger partial charge in [0.15, 0.2) is 0 Å². The van der Waals surface area contributed by atoms with Crippen molar-refractivity contribution in [1.82, 2.24) is 5.32 Å². The fourth-order valence-corrected chi connectivity index (χ4v) is 3.76. The fourth-order valence-electron chi connectivity index (χ4n) is 3.76. The Balaban J connectivity index is 1.60. The number of carbonyl (C=O) groups is 2. The molecule has 0 saturated carbocycles. The molecule has 1 heterocycles. The zero-order chi connectivity index (χ0) is 18.3. The molecule has 3 aliphatic rings.